The summed E-state index contributed by atoms with van der Waals surface area (Å²) in [6.45, 7) is 1.66. The number of hydrogen-bond acceptors (Lipinski definition) is 4. The summed E-state index contributed by atoms with van der Waals surface area (Å²) in [5.74, 6) is -1.22. The van der Waals surface area contributed by atoms with Gasteiger partial charge in [-0.15, -0.1) is 0 Å². The number of rotatable bonds is 5. The van der Waals surface area contributed by atoms with Crippen molar-refractivity contribution in [1.82, 2.24) is 14.7 Å². The third-order valence-electron chi connectivity index (χ3n) is 2.66. The summed E-state index contributed by atoms with van der Waals surface area (Å²) in [4.78, 5) is 17.1. The number of carboxylic acids is 1. The molecule has 0 aliphatic carbocycles. The first-order valence-electron chi connectivity index (χ1n) is 5.75. The standard InChI is InChI=1S/C12H13N3O4S/c1-8(10-4-2-3-5-13-10)15-20(18,19)9-6-11(12(16)17)14-7-9/h2-8,14-15H,1H3,(H,16,17)/t8-/m0/s1. The summed E-state index contributed by atoms with van der Waals surface area (Å²) < 4.78 is 26.6. The normalized spacial score (nSPS) is 13.1. The van der Waals surface area contributed by atoms with Crippen molar-refractivity contribution in [2.45, 2.75) is 17.9 Å². The lowest BCUT2D eigenvalue weighted by Crippen LogP contribution is -2.27. The summed E-state index contributed by atoms with van der Waals surface area (Å²) in [5, 5.41) is 8.77. The van der Waals surface area contributed by atoms with Gasteiger partial charge in [0.2, 0.25) is 10.0 Å². The van der Waals surface area contributed by atoms with E-state index in [4.69, 9.17) is 5.11 Å². The SMILES string of the molecule is C[C@H](NS(=O)(=O)c1c[nH]c(C(=O)O)c1)c1ccccn1. The Bertz CT molecular complexity index is 709. The van der Waals surface area contributed by atoms with Crippen molar-refractivity contribution >= 4 is 16.0 Å². The first-order valence-corrected chi connectivity index (χ1v) is 7.23. The molecule has 0 aromatic carbocycles. The van der Waals surface area contributed by atoms with E-state index >= 15 is 0 Å². The molecule has 0 amide bonds. The zero-order chi connectivity index (χ0) is 14.8. The van der Waals surface area contributed by atoms with Gasteiger partial charge < -0.3 is 10.1 Å². The maximum Gasteiger partial charge on any atom is 0.352 e. The summed E-state index contributed by atoms with van der Waals surface area (Å²) in [6, 6.07) is 5.73. The molecule has 7 nitrogen and oxygen atoms in total. The highest BCUT2D eigenvalue weighted by molar-refractivity contribution is 7.89. The molecule has 3 N–H and O–H groups in total. The van der Waals surface area contributed by atoms with Gasteiger partial charge in [0.25, 0.3) is 0 Å². The Morgan fingerprint density at radius 1 is 1.45 bits per heavy atom. The van der Waals surface area contributed by atoms with Gasteiger partial charge in [0.15, 0.2) is 0 Å². The molecule has 2 aromatic heterocycles. The van der Waals surface area contributed by atoms with Crippen LogP contribution in [0.2, 0.25) is 0 Å². The fourth-order valence-electron chi connectivity index (χ4n) is 1.65. The van der Waals surface area contributed by atoms with Crippen LogP contribution >= 0.6 is 0 Å². The molecule has 0 aliphatic heterocycles. The third kappa shape index (κ3) is 3.03. The van der Waals surface area contributed by atoms with Gasteiger partial charge in [-0.3, -0.25) is 4.98 Å². The summed E-state index contributed by atoms with van der Waals surface area (Å²) in [7, 11) is -3.80. The average Bonchev–Trinajstić information content (AvgIpc) is 2.90. The summed E-state index contributed by atoms with van der Waals surface area (Å²) in [5.41, 5.74) is 0.390. The van der Waals surface area contributed by atoms with Crippen molar-refractivity contribution in [3.05, 3.63) is 48.0 Å². The van der Waals surface area contributed by atoms with Crippen LogP contribution < -0.4 is 4.72 Å². The molecule has 2 rings (SSSR count). The summed E-state index contributed by atoms with van der Waals surface area (Å²) >= 11 is 0. The molecule has 0 saturated carbocycles. The van der Waals surface area contributed by atoms with Crippen LogP contribution in [0.1, 0.15) is 29.1 Å². The number of aromatic amines is 1. The van der Waals surface area contributed by atoms with Crippen molar-refractivity contribution < 1.29 is 18.3 Å². The molecule has 0 unspecified atom stereocenters. The molecule has 0 radical (unpaired) electrons. The van der Waals surface area contributed by atoms with Crippen molar-refractivity contribution in [2.75, 3.05) is 0 Å². The van der Waals surface area contributed by atoms with E-state index in [9.17, 15) is 13.2 Å². The van der Waals surface area contributed by atoms with Gasteiger partial charge in [-0.2, -0.15) is 0 Å². The van der Waals surface area contributed by atoms with E-state index in [0.29, 0.717) is 5.69 Å². The minimum atomic E-state index is -3.80. The molecule has 0 bridgehead atoms. The number of H-pyrrole nitrogens is 1. The zero-order valence-corrected chi connectivity index (χ0v) is 11.4. The second-order valence-electron chi connectivity index (χ2n) is 4.15. The van der Waals surface area contributed by atoms with Crippen molar-refractivity contribution in [1.29, 1.82) is 0 Å². The Morgan fingerprint density at radius 2 is 2.20 bits per heavy atom. The van der Waals surface area contributed by atoms with Gasteiger partial charge in [0.1, 0.15) is 10.6 Å². The maximum absolute atomic E-state index is 12.1. The Kier molecular flexibility index (Phi) is 3.86. The van der Waals surface area contributed by atoms with Gasteiger partial charge in [0.05, 0.1) is 11.7 Å². The van der Waals surface area contributed by atoms with E-state index < -0.39 is 22.0 Å². The molecule has 0 aliphatic rings. The predicted octanol–water partition coefficient (Wildman–Crippen LogP) is 1.15. The second kappa shape index (κ2) is 5.43. The van der Waals surface area contributed by atoms with Crippen molar-refractivity contribution in [2.24, 2.45) is 0 Å². The molecule has 2 aromatic rings. The molecule has 8 heteroatoms. The van der Waals surface area contributed by atoms with Crippen LogP contribution in [-0.2, 0) is 10.0 Å². The van der Waals surface area contributed by atoms with E-state index in [1.165, 1.54) is 0 Å². The van der Waals surface area contributed by atoms with Crippen LogP contribution in [0.3, 0.4) is 0 Å². The van der Waals surface area contributed by atoms with Gasteiger partial charge in [-0.05, 0) is 25.1 Å². The van der Waals surface area contributed by atoms with Gasteiger partial charge >= 0.3 is 5.97 Å². The van der Waals surface area contributed by atoms with E-state index in [-0.39, 0.29) is 10.6 Å². The molecule has 0 saturated heterocycles. The molecule has 2 heterocycles. The number of nitrogens with one attached hydrogen (secondary N) is 2. The van der Waals surface area contributed by atoms with Crippen LogP contribution in [-0.4, -0.2) is 29.5 Å². The van der Waals surface area contributed by atoms with Crippen LogP contribution in [0.25, 0.3) is 0 Å². The quantitative estimate of drug-likeness (QED) is 0.766. The van der Waals surface area contributed by atoms with Crippen LogP contribution in [0.5, 0.6) is 0 Å². The van der Waals surface area contributed by atoms with Crippen LogP contribution in [0, 0.1) is 0 Å². The first-order chi connectivity index (χ1) is 9.40. The maximum atomic E-state index is 12.1. The van der Waals surface area contributed by atoms with Crippen LogP contribution in [0.4, 0.5) is 0 Å². The molecule has 0 fully saturated rings. The van der Waals surface area contributed by atoms with E-state index in [2.05, 4.69) is 14.7 Å². The number of aromatic nitrogens is 2. The lowest BCUT2D eigenvalue weighted by molar-refractivity contribution is 0.0691. The topological polar surface area (TPSA) is 112 Å². The third-order valence-corrected chi connectivity index (χ3v) is 4.18. The number of sulfonamides is 1. The highest BCUT2D eigenvalue weighted by atomic mass is 32.2. The number of aromatic carboxylic acids is 1. The van der Waals surface area contributed by atoms with E-state index in [1.807, 2.05) is 0 Å². The smallest absolute Gasteiger partial charge is 0.352 e. The van der Waals surface area contributed by atoms with E-state index in [0.717, 1.165) is 12.3 Å². The second-order valence-corrected chi connectivity index (χ2v) is 5.87. The molecular formula is C12H13N3O4S. The minimum Gasteiger partial charge on any atom is -0.477 e. The molecule has 20 heavy (non-hydrogen) atoms. The average molecular weight is 295 g/mol. The highest BCUT2D eigenvalue weighted by Gasteiger charge is 2.21. The van der Waals surface area contributed by atoms with Gasteiger partial charge in [-0.25, -0.2) is 17.9 Å². The lowest BCUT2D eigenvalue weighted by Gasteiger charge is -2.12. The number of nitrogens with zero attached hydrogens (tertiary/aromatic N) is 1. The van der Waals surface area contributed by atoms with Gasteiger partial charge in [0, 0.05) is 12.4 Å². The van der Waals surface area contributed by atoms with Crippen molar-refractivity contribution in [3.8, 4) is 0 Å². The molecule has 106 valence electrons. The zero-order valence-electron chi connectivity index (χ0n) is 10.6. The Labute approximate surface area is 115 Å². The largest absolute Gasteiger partial charge is 0.477 e. The predicted molar refractivity (Wildman–Crippen MR) is 70.7 cm³/mol. The summed E-state index contributed by atoms with van der Waals surface area (Å²) in [6.07, 6.45) is 2.70. The fourth-order valence-corrected chi connectivity index (χ4v) is 2.86. The number of carboxylic acid groups (broad SMARTS) is 1. The Hall–Kier alpha value is -2.19. The highest BCUT2D eigenvalue weighted by Crippen LogP contribution is 2.16. The number of carbonyl (C=O) groups is 1. The first kappa shape index (κ1) is 14.2. The number of hydrogen-bond donors (Lipinski definition) is 3. The Balaban J connectivity index is 2.20. The molecule has 1 atom stereocenters. The monoisotopic (exact) mass is 295 g/mol. The Morgan fingerprint density at radius 3 is 2.75 bits per heavy atom. The van der Waals surface area contributed by atoms with E-state index in [1.54, 1.807) is 31.3 Å². The fraction of sp³-hybridized carbons (Fsp3) is 0.167. The van der Waals surface area contributed by atoms with Gasteiger partial charge in [-0.1, -0.05) is 6.07 Å². The minimum absolute atomic E-state index is 0.127. The van der Waals surface area contributed by atoms with Crippen LogP contribution in [0.15, 0.2) is 41.6 Å². The molecule has 0 spiro atoms. The molecular weight excluding hydrogens is 282 g/mol. The number of pyridine rings is 1. The lowest BCUT2D eigenvalue weighted by atomic mass is 10.2. The van der Waals surface area contributed by atoms with Crippen molar-refractivity contribution in [3.63, 3.8) is 0 Å².